The van der Waals surface area contributed by atoms with Crippen LogP contribution in [0.15, 0.2) is 0 Å². The number of rotatable bonds is 3. The van der Waals surface area contributed by atoms with Crippen LogP contribution in [0.5, 0.6) is 0 Å². The Hall–Kier alpha value is -1.50. The van der Waals surface area contributed by atoms with Crippen molar-refractivity contribution in [2.24, 2.45) is 5.92 Å². The van der Waals surface area contributed by atoms with E-state index in [1.165, 1.54) is 0 Å². The summed E-state index contributed by atoms with van der Waals surface area (Å²) in [5.41, 5.74) is -0.441. The van der Waals surface area contributed by atoms with Crippen molar-refractivity contribution < 1.29 is 4.79 Å². The molecule has 2 aliphatic rings. The van der Waals surface area contributed by atoms with E-state index < -0.39 is 5.54 Å². The van der Waals surface area contributed by atoms with Gasteiger partial charge in [-0.2, -0.15) is 0 Å². The number of terminal acetylenes is 1. The highest BCUT2D eigenvalue weighted by Crippen LogP contribution is 2.47. The summed E-state index contributed by atoms with van der Waals surface area (Å²) in [6.45, 7) is 2.30. The van der Waals surface area contributed by atoms with Crippen LogP contribution in [0.3, 0.4) is 0 Å². The summed E-state index contributed by atoms with van der Waals surface area (Å²) in [6, 6.07) is -0.216. The molecule has 4 nitrogen and oxygen atoms in total. The van der Waals surface area contributed by atoms with Gasteiger partial charge in [-0.1, -0.05) is 12.8 Å². The van der Waals surface area contributed by atoms with Gasteiger partial charge in [0.2, 0.25) is 0 Å². The molecule has 1 atom stereocenters. The molecule has 0 bridgehead atoms. The van der Waals surface area contributed by atoms with Gasteiger partial charge in [0.05, 0.1) is 6.54 Å². The van der Waals surface area contributed by atoms with E-state index in [1.807, 2.05) is 6.92 Å². The number of hydrogen-bond donors (Lipinski definition) is 2. The number of urea groups is 1. The highest BCUT2D eigenvalue weighted by Gasteiger charge is 2.57. The Morgan fingerprint density at radius 1 is 1.73 bits per heavy atom. The van der Waals surface area contributed by atoms with Crippen molar-refractivity contribution in [2.45, 2.75) is 31.7 Å². The number of hydrogen-bond acceptors (Lipinski definition) is 2. The zero-order chi connectivity index (χ0) is 11.1. The molecule has 4 heteroatoms. The molecule has 1 aliphatic carbocycles. The molecule has 0 radical (unpaired) electrons. The molecule has 2 rings (SSSR count). The van der Waals surface area contributed by atoms with Crippen molar-refractivity contribution in [2.75, 3.05) is 6.54 Å². The van der Waals surface area contributed by atoms with Gasteiger partial charge in [-0.05, 0) is 25.2 Å². The first-order valence-electron chi connectivity index (χ1n) is 5.28. The number of carbonyl (C=O) groups excluding carboxylic acids is 1. The Morgan fingerprint density at radius 3 is 2.87 bits per heavy atom. The first kappa shape index (κ1) is 10.0. The summed E-state index contributed by atoms with van der Waals surface area (Å²) < 4.78 is 0. The third-order valence-corrected chi connectivity index (χ3v) is 3.43. The van der Waals surface area contributed by atoms with E-state index in [2.05, 4.69) is 11.2 Å². The molecule has 1 heterocycles. The maximum absolute atomic E-state index is 11.7. The van der Waals surface area contributed by atoms with Gasteiger partial charge in [-0.15, -0.1) is 6.42 Å². The Morgan fingerprint density at radius 2 is 2.40 bits per heavy atom. The van der Waals surface area contributed by atoms with E-state index in [0.717, 1.165) is 19.3 Å². The molecule has 1 saturated heterocycles. The Kier molecular flexibility index (Phi) is 2.18. The predicted octanol–water partition coefficient (Wildman–Crippen LogP) is 1.18. The van der Waals surface area contributed by atoms with Crippen molar-refractivity contribution in [1.82, 2.24) is 10.2 Å². The molecule has 2 amide bonds. The molecule has 2 N–H and O–H groups in total. The van der Waals surface area contributed by atoms with Crippen molar-refractivity contribution in [3.63, 3.8) is 0 Å². The average molecular weight is 205 g/mol. The van der Waals surface area contributed by atoms with Gasteiger partial charge in [0.25, 0.3) is 0 Å². The van der Waals surface area contributed by atoms with Gasteiger partial charge in [0.1, 0.15) is 11.4 Å². The second-order valence-electron chi connectivity index (χ2n) is 4.15. The standard InChI is InChI=1S/C11H15N3O/c1-3-7-14-10(15)13-9(12)11(14,4-2)8-5-6-8/h1,8H,4-7H2,2H3,(H2,12,13,15). The molecule has 1 saturated carbocycles. The normalized spacial score (nSPS) is 30.3. The fraction of sp³-hybridized carbons (Fsp3) is 0.636. The van der Waals surface area contributed by atoms with Crippen molar-refractivity contribution in [3.05, 3.63) is 0 Å². The van der Waals surface area contributed by atoms with Gasteiger partial charge >= 0.3 is 6.03 Å². The van der Waals surface area contributed by atoms with E-state index in [0.29, 0.717) is 18.3 Å². The largest absolute Gasteiger partial charge is 0.324 e. The molecule has 15 heavy (non-hydrogen) atoms. The second-order valence-corrected chi connectivity index (χ2v) is 4.15. The molecule has 2 fully saturated rings. The Balaban J connectivity index is 2.36. The van der Waals surface area contributed by atoms with Crippen LogP contribution in [0.25, 0.3) is 0 Å². The van der Waals surface area contributed by atoms with Crippen LogP contribution in [0.2, 0.25) is 0 Å². The van der Waals surface area contributed by atoms with Crippen LogP contribution in [0.4, 0.5) is 4.79 Å². The van der Waals surface area contributed by atoms with Crippen molar-refractivity contribution in [3.8, 4) is 12.3 Å². The third kappa shape index (κ3) is 1.23. The zero-order valence-electron chi connectivity index (χ0n) is 8.84. The van der Waals surface area contributed by atoms with Crippen LogP contribution in [0.1, 0.15) is 26.2 Å². The highest BCUT2D eigenvalue weighted by molar-refractivity contribution is 6.08. The van der Waals surface area contributed by atoms with Crippen LogP contribution < -0.4 is 5.32 Å². The highest BCUT2D eigenvalue weighted by atomic mass is 16.2. The summed E-state index contributed by atoms with van der Waals surface area (Å²) >= 11 is 0. The summed E-state index contributed by atoms with van der Waals surface area (Å²) in [6.07, 6.45) is 8.21. The number of nitrogens with one attached hydrogen (secondary N) is 2. The van der Waals surface area contributed by atoms with E-state index in [1.54, 1.807) is 4.90 Å². The zero-order valence-corrected chi connectivity index (χ0v) is 8.84. The predicted molar refractivity (Wildman–Crippen MR) is 57.5 cm³/mol. The van der Waals surface area contributed by atoms with Crippen molar-refractivity contribution in [1.29, 1.82) is 5.41 Å². The van der Waals surface area contributed by atoms with Gasteiger partial charge < -0.3 is 4.90 Å². The van der Waals surface area contributed by atoms with Gasteiger partial charge in [0.15, 0.2) is 0 Å². The van der Waals surface area contributed by atoms with E-state index in [-0.39, 0.29) is 6.03 Å². The van der Waals surface area contributed by atoms with Gasteiger partial charge in [0, 0.05) is 0 Å². The number of amidine groups is 1. The molecule has 0 spiro atoms. The lowest BCUT2D eigenvalue weighted by atomic mass is 9.88. The molecule has 0 aromatic carbocycles. The fourth-order valence-corrected chi connectivity index (χ4v) is 2.54. The van der Waals surface area contributed by atoms with Crippen LogP contribution in [0, 0.1) is 23.7 Å². The molecular weight excluding hydrogens is 190 g/mol. The Labute approximate surface area is 89.5 Å². The van der Waals surface area contributed by atoms with E-state index in [4.69, 9.17) is 11.8 Å². The summed E-state index contributed by atoms with van der Waals surface area (Å²) in [5, 5.41) is 10.5. The third-order valence-electron chi connectivity index (χ3n) is 3.43. The lowest BCUT2D eigenvalue weighted by Crippen LogP contribution is -2.51. The van der Waals surface area contributed by atoms with Crippen molar-refractivity contribution >= 4 is 11.9 Å². The molecule has 80 valence electrons. The van der Waals surface area contributed by atoms with E-state index in [9.17, 15) is 4.79 Å². The lowest BCUT2D eigenvalue weighted by molar-refractivity contribution is 0.168. The van der Waals surface area contributed by atoms with Gasteiger partial charge in [-0.3, -0.25) is 10.7 Å². The first-order valence-corrected chi connectivity index (χ1v) is 5.28. The van der Waals surface area contributed by atoms with Crippen LogP contribution >= 0.6 is 0 Å². The first-order chi connectivity index (χ1) is 7.16. The topological polar surface area (TPSA) is 56.2 Å². The minimum absolute atomic E-state index is 0.216. The molecule has 0 aromatic heterocycles. The van der Waals surface area contributed by atoms with Crippen LogP contribution in [-0.2, 0) is 0 Å². The summed E-state index contributed by atoms with van der Waals surface area (Å²) in [7, 11) is 0. The van der Waals surface area contributed by atoms with Gasteiger partial charge in [-0.25, -0.2) is 4.79 Å². The average Bonchev–Trinajstić information content (AvgIpc) is 2.99. The summed E-state index contributed by atoms with van der Waals surface area (Å²) in [5.74, 6) is 3.25. The number of nitrogens with zero attached hydrogens (tertiary/aromatic N) is 1. The second kappa shape index (κ2) is 3.27. The quantitative estimate of drug-likeness (QED) is 0.668. The maximum Gasteiger partial charge on any atom is 0.324 e. The number of amides is 2. The smallest absolute Gasteiger partial charge is 0.300 e. The monoisotopic (exact) mass is 205 g/mol. The lowest BCUT2D eigenvalue weighted by Gasteiger charge is -2.35. The SMILES string of the molecule is C#CCN1C(=O)NC(=N)C1(CC)C1CC1. The molecule has 1 unspecified atom stereocenters. The van der Waals surface area contributed by atoms with E-state index >= 15 is 0 Å². The fourth-order valence-electron chi connectivity index (χ4n) is 2.54. The minimum atomic E-state index is -0.441. The molecular formula is C11H15N3O. The summed E-state index contributed by atoms with van der Waals surface area (Å²) in [4.78, 5) is 13.3. The Bertz CT molecular complexity index is 353. The van der Waals surface area contributed by atoms with Crippen LogP contribution in [-0.4, -0.2) is 28.9 Å². The molecule has 0 aromatic rings. The number of carbonyl (C=O) groups is 1. The molecule has 1 aliphatic heterocycles. The minimum Gasteiger partial charge on any atom is -0.300 e. The maximum atomic E-state index is 11.7.